The number of benzene rings is 2. The van der Waals surface area contributed by atoms with Gasteiger partial charge in [-0.2, -0.15) is 0 Å². The van der Waals surface area contributed by atoms with Crippen molar-refractivity contribution in [2.75, 3.05) is 12.9 Å². The fourth-order valence-corrected chi connectivity index (χ4v) is 2.62. The number of ether oxygens (including phenoxy) is 2. The molecule has 0 bridgehead atoms. The quantitative estimate of drug-likeness (QED) is 0.461. The van der Waals surface area contributed by atoms with Crippen molar-refractivity contribution >= 4 is 17.7 Å². The predicted molar refractivity (Wildman–Crippen MR) is 93.2 cm³/mol. The second-order valence-electron chi connectivity index (χ2n) is 5.14. The molecule has 0 radical (unpaired) electrons. The van der Waals surface area contributed by atoms with Gasteiger partial charge in [-0.3, -0.25) is 4.79 Å². The highest BCUT2D eigenvalue weighted by Gasteiger charge is 2.12. The van der Waals surface area contributed by atoms with Gasteiger partial charge >= 0.3 is 5.97 Å². The SMILES string of the molecule is COc1ccc(-c2nnc(SCC(=O)OCc3ccccc3F)o2)cc1. The summed E-state index contributed by atoms with van der Waals surface area (Å²) in [6, 6.07) is 13.3. The van der Waals surface area contributed by atoms with Crippen LogP contribution < -0.4 is 4.74 Å². The summed E-state index contributed by atoms with van der Waals surface area (Å²) in [6.07, 6.45) is 0. The third-order valence-electron chi connectivity index (χ3n) is 3.40. The Kier molecular flexibility index (Phi) is 5.85. The van der Waals surface area contributed by atoms with Gasteiger partial charge in [0.15, 0.2) is 0 Å². The summed E-state index contributed by atoms with van der Waals surface area (Å²) < 4.78 is 29.1. The molecule has 26 heavy (non-hydrogen) atoms. The van der Waals surface area contributed by atoms with E-state index in [1.807, 2.05) is 0 Å². The molecule has 0 aliphatic heterocycles. The molecular weight excluding hydrogens is 359 g/mol. The fourth-order valence-electron chi connectivity index (χ4n) is 2.05. The van der Waals surface area contributed by atoms with Crippen LogP contribution in [0.15, 0.2) is 58.2 Å². The van der Waals surface area contributed by atoms with Crippen LogP contribution in [0.3, 0.4) is 0 Å². The third kappa shape index (κ3) is 4.60. The summed E-state index contributed by atoms with van der Waals surface area (Å²) in [4.78, 5) is 11.8. The van der Waals surface area contributed by atoms with Gasteiger partial charge in [-0.15, -0.1) is 10.2 Å². The zero-order valence-electron chi connectivity index (χ0n) is 13.8. The molecule has 134 valence electrons. The molecule has 1 aromatic heterocycles. The normalized spacial score (nSPS) is 10.5. The van der Waals surface area contributed by atoms with Gasteiger partial charge in [0, 0.05) is 11.1 Å². The van der Waals surface area contributed by atoms with Gasteiger partial charge in [0.05, 0.1) is 7.11 Å². The summed E-state index contributed by atoms with van der Waals surface area (Å²) in [5.74, 6) is 0.144. The molecule has 0 aliphatic rings. The highest BCUT2D eigenvalue weighted by molar-refractivity contribution is 7.99. The van der Waals surface area contributed by atoms with Crippen LogP contribution in [0, 0.1) is 5.82 Å². The molecule has 0 spiro atoms. The molecular formula is C18H15FN2O4S. The maximum Gasteiger partial charge on any atom is 0.316 e. The number of nitrogens with zero attached hydrogens (tertiary/aromatic N) is 2. The lowest BCUT2D eigenvalue weighted by atomic mass is 10.2. The second kappa shape index (κ2) is 8.48. The van der Waals surface area contributed by atoms with E-state index in [0.717, 1.165) is 23.1 Å². The topological polar surface area (TPSA) is 74.5 Å². The van der Waals surface area contributed by atoms with E-state index in [-0.39, 0.29) is 17.6 Å². The molecule has 0 saturated heterocycles. The average Bonchev–Trinajstić information content (AvgIpc) is 3.15. The van der Waals surface area contributed by atoms with E-state index in [0.29, 0.717) is 11.5 Å². The highest BCUT2D eigenvalue weighted by atomic mass is 32.2. The zero-order valence-corrected chi connectivity index (χ0v) is 14.7. The first-order chi connectivity index (χ1) is 12.7. The fraction of sp³-hybridized carbons (Fsp3) is 0.167. The lowest BCUT2D eigenvalue weighted by molar-refractivity contribution is -0.141. The molecule has 8 heteroatoms. The van der Waals surface area contributed by atoms with E-state index in [4.69, 9.17) is 13.9 Å². The van der Waals surface area contributed by atoms with Crippen molar-refractivity contribution in [2.45, 2.75) is 11.8 Å². The van der Waals surface area contributed by atoms with Crippen molar-refractivity contribution in [1.82, 2.24) is 10.2 Å². The molecule has 0 saturated carbocycles. The van der Waals surface area contributed by atoms with E-state index in [2.05, 4.69) is 10.2 Å². The summed E-state index contributed by atoms with van der Waals surface area (Å²) in [5, 5.41) is 8.08. The molecule has 6 nitrogen and oxygen atoms in total. The zero-order chi connectivity index (χ0) is 18.4. The monoisotopic (exact) mass is 374 g/mol. The molecule has 0 fully saturated rings. The minimum absolute atomic E-state index is 0.0152. The summed E-state index contributed by atoms with van der Waals surface area (Å²) in [6.45, 7) is -0.118. The van der Waals surface area contributed by atoms with Crippen LogP contribution in [0.2, 0.25) is 0 Å². The molecule has 0 unspecified atom stereocenters. The van der Waals surface area contributed by atoms with Crippen LogP contribution in [-0.2, 0) is 16.1 Å². The van der Waals surface area contributed by atoms with Gasteiger partial charge in [-0.05, 0) is 30.3 Å². The molecule has 0 N–H and O–H groups in total. The summed E-state index contributed by atoms with van der Waals surface area (Å²) >= 11 is 1.06. The number of halogens is 1. The second-order valence-corrected chi connectivity index (χ2v) is 6.07. The number of thioether (sulfide) groups is 1. The first kappa shape index (κ1) is 17.9. The standard InChI is InChI=1S/C18H15FN2O4S/c1-23-14-8-6-12(7-9-14)17-20-21-18(25-17)26-11-16(22)24-10-13-4-2-3-5-15(13)19/h2-9H,10-11H2,1H3. The Balaban J connectivity index is 1.51. The molecule has 1 heterocycles. The van der Waals surface area contributed by atoms with Crippen molar-refractivity contribution in [2.24, 2.45) is 0 Å². The van der Waals surface area contributed by atoms with Crippen LogP contribution >= 0.6 is 11.8 Å². The Morgan fingerprint density at radius 3 is 2.65 bits per heavy atom. The lowest BCUT2D eigenvalue weighted by Crippen LogP contribution is -2.08. The minimum atomic E-state index is -0.498. The number of hydrogen-bond donors (Lipinski definition) is 0. The van der Waals surface area contributed by atoms with Crippen LogP contribution in [0.1, 0.15) is 5.56 Å². The Morgan fingerprint density at radius 1 is 1.15 bits per heavy atom. The van der Waals surface area contributed by atoms with Gasteiger partial charge in [0.25, 0.3) is 5.22 Å². The van der Waals surface area contributed by atoms with Crippen LogP contribution in [0.25, 0.3) is 11.5 Å². The van der Waals surface area contributed by atoms with Gasteiger partial charge in [0.1, 0.15) is 23.9 Å². The number of hydrogen-bond acceptors (Lipinski definition) is 7. The molecule has 3 aromatic rings. The largest absolute Gasteiger partial charge is 0.497 e. The Labute approximate surface area is 153 Å². The molecule has 2 aromatic carbocycles. The third-order valence-corrected chi connectivity index (χ3v) is 4.20. The summed E-state index contributed by atoms with van der Waals surface area (Å²) in [5.41, 5.74) is 1.07. The number of aromatic nitrogens is 2. The Hall–Kier alpha value is -2.87. The smallest absolute Gasteiger partial charge is 0.316 e. The van der Waals surface area contributed by atoms with Crippen molar-refractivity contribution in [3.05, 3.63) is 59.9 Å². The average molecular weight is 374 g/mol. The number of carbonyl (C=O) groups is 1. The van der Waals surface area contributed by atoms with Crippen molar-refractivity contribution in [3.63, 3.8) is 0 Å². The minimum Gasteiger partial charge on any atom is -0.497 e. The molecule has 0 atom stereocenters. The van der Waals surface area contributed by atoms with E-state index in [1.165, 1.54) is 6.07 Å². The molecule has 0 amide bonds. The van der Waals surface area contributed by atoms with Crippen molar-refractivity contribution in [1.29, 1.82) is 0 Å². The summed E-state index contributed by atoms with van der Waals surface area (Å²) in [7, 11) is 1.59. The maximum atomic E-state index is 13.5. The Bertz CT molecular complexity index is 883. The lowest BCUT2D eigenvalue weighted by Gasteiger charge is -2.04. The van der Waals surface area contributed by atoms with Crippen LogP contribution in [0.4, 0.5) is 4.39 Å². The molecule has 3 rings (SSSR count). The maximum absolute atomic E-state index is 13.5. The van der Waals surface area contributed by atoms with Gasteiger partial charge in [0.2, 0.25) is 5.89 Å². The van der Waals surface area contributed by atoms with Crippen LogP contribution in [0.5, 0.6) is 5.75 Å². The van der Waals surface area contributed by atoms with Crippen LogP contribution in [-0.4, -0.2) is 29.0 Å². The predicted octanol–water partition coefficient (Wildman–Crippen LogP) is 3.72. The number of methoxy groups -OCH3 is 1. The number of carbonyl (C=O) groups excluding carboxylic acids is 1. The van der Waals surface area contributed by atoms with E-state index in [1.54, 1.807) is 49.6 Å². The van der Waals surface area contributed by atoms with Gasteiger partial charge in [-0.1, -0.05) is 30.0 Å². The van der Waals surface area contributed by atoms with Gasteiger partial charge < -0.3 is 13.9 Å². The van der Waals surface area contributed by atoms with E-state index >= 15 is 0 Å². The van der Waals surface area contributed by atoms with E-state index < -0.39 is 11.8 Å². The van der Waals surface area contributed by atoms with Gasteiger partial charge in [-0.25, -0.2) is 4.39 Å². The van der Waals surface area contributed by atoms with E-state index in [9.17, 15) is 9.18 Å². The van der Waals surface area contributed by atoms with Crippen molar-refractivity contribution in [3.8, 4) is 17.2 Å². The number of esters is 1. The van der Waals surface area contributed by atoms with Crippen molar-refractivity contribution < 1.29 is 23.1 Å². The first-order valence-corrected chi connectivity index (χ1v) is 8.64. The first-order valence-electron chi connectivity index (χ1n) is 7.65. The Morgan fingerprint density at radius 2 is 1.92 bits per heavy atom. The highest BCUT2D eigenvalue weighted by Crippen LogP contribution is 2.25. The number of rotatable bonds is 7. The molecule has 0 aliphatic carbocycles.